The molecule has 0 spiro atoms. The van der Waals surface area contributed by atoms with Crippen molar-refractivity contribution in [3.8, 4) is 11.5 Å². The molecular weight excluding hydrogens is 1590 g/mol. The van der Waals surface area contributed by atoms with Crippen LogP contribution in [0.4, 0.5) is 22.7 Å². The van der Waals surface area contributed by atoms with Crippen molar-refractivity contribution in [2.75, 3.05) is 72.5 Å². The van der Waals surface area contributed by atoms with Crippen LogP contribution in [-0.2, 0) is 53.3 Å². The number of hydrogen-bond donors (Lipinski definition) is 2. The van der Waals surface area contributed by atoms with Crippen molar-refractivity contribution in [1.82, 2.24) is 27.7 Å². The third-order valence-corrected chi connectivity index (χ3v) is 25.4. The molecule has 8 rings (SSSR count). The number of imidazole rings is 2. The maximum atomic E-state index is 14.9. The lowest BCUT2D eigenvalue weighted by molar-refractivity contribution is -0.118. The van der Waals surface area contributed by atoms with E-state index in [1.165, 1.54) is 178 Å². The number of anilines is 2. The van der Waals surface area contributed by atoms with E-state index in [2.05, 4.69) is 34.4 Å². The van der Waals surface area contributed by atoms with Gasteiger partial charge < -0.3 is 52.9 Å². The zero-order valence-electron chi connectivity index (χ0n) is 73.1. The van der Waals surface area contributed by atoms with Gasteiger partial charge in [-0.25, -0.2) is 60.8 Å². The molecule has 28 nitrogen and oxygen atoms in total. The number of aliphatic imine (C=N–C) groups is 2. The van der Waals surface area contributed by atoms with Crippen molar-refractivity contribution in [3.63, 3.8) is 0 Å². The van der Waals surface area contributed by atoms with Crippen molar-refractivity contribution in [2.24, 2.45) is 15.9 Å². The van der Waals surface area contributed by atoms with Gasteiger partial charge in [0.1, 0.15) is 21.3 Å². The number of esters is 5. The fourth-order valence-corrected chi connectivity index (χ4v) is 17.9. The number of ether oxygens (including phenoxy) is 7. The summed E-state index contributed by atoms with van der Waals surface area (Å²) in [6.07, 6.45) is 40.8. The van der Waals surface area contributed by atoms with Gasteiger partial charge in [-0.1, -0.05) is 264 Å². The quantitative estimate of drug-likeness (QED) is 0.0203. The van der Waals surface area contributed by atoms with Gasteiger partial charge in [0, 0.05) is 13.1 Å². The Hall–Kier alpha value is -9.97. The van der Waals surface area contributed by atoms with Crippen molar-refractivity contribution in [2.45, 2.75) is 282 Å². The third-order valence-electron chi connectivity index (χ3n) is 21.7. The zero-order valence-corrected chi connectivity index (χ0v) is 74.7. The number of fused-ring (bicyclic) bond motifs is 2. The molecule has 2 aliphatic rings. The van der Waals surface area contributed by atoms with E-state index in [9.17, 15) is 50.4 Å². The topological polar surface area (TPSA) is 343 Å². The van der Waals surface area contributed by atoms with E-state index in [0.29, 0.717) is 30.9 Å². The Bertz CT molecular complexity index is 4630. The van der Waals surface area contributed by atoms with E-state index >= 15 is 0 Å². The molecule has 0 bridgehead atoms. The molecule has 30 heteroatoms. The van der Waals surface area contributed by atoms with E-state index in [4.69, 9.17) is 43.1 Å². The van der Waals surface area contributed by atoms with Crippen LogP contribution in [-0.4, -0.2) is 160 Å². The lowest BCUT2D eigenvalue weighted by Crippen LogP contribution is -2.48. The second-order valence-corrected chi connectivity index (χ2v) is 34.6. The minimum atomic E-state index is -4.32. The summed E-state index contributed by atoms with van der Waals surface area (Å²) in [5, 5.41) is 5.68. The summed E-state index contributed by atoms with van der Waals surface area (Å²) >= 11 is 0. The average molecular weight is 1720 g/mol. The molecule has 121 heavy (non-hydrogen) atoms. The Morgan fingerprint density at radius 2 is 0.785 bits per heavy atom. The fraction of sp³-hybridized carbons (Fsp3) is 0.571. The van der Waals surface area contributed by atoms with E-state index < -0.39 is 96.6 Å². The van der Waals surface area contributed by atoms with Crippen LogP contribution >= 0.6 is 0 Å². The summed E-state index contributed by atoms with van der Waals surface area (Å²) < 4.78 is 99.3. The largest absolute Gasteiger partial charge is 0.495 e. The number of amidine groups is 2. The Morgan fingerprint density at radius 3 is 1.15 bits per heavy atom. The number of methoxy groups -OCH3 is 5. The predicted octanol–water partition coefficient (Wildman–Crippen LogP) is 19.6. The van der Waals surface area contributed by atoms with Crippen LogP contribution < -0.4 is 20.1 Å². The fourth-order valence-electron chi connectivity index (χ4n) is 14.6. The molecule has 2 aliphatic heterocycles. The van der Waals surface area contributed by atoms with Crippen LogP contribution in [0.5, 0.6) is 11.5 Å². The first-order valence-electron chi connectivity index (χ1n) is 43.6. The van der Waals surface area contributed by atoms with Crippen LogP contribution in [0, 0.1) is 12.8 Å². The normalized spacial score (nSPS) is 13.8. The van der Waals surface area contributed by atoms with Gasteiger partial charge >= 0.3 is 29.8 Å². The highest BCUT2D eigenvalue weighted by atomic mass is 32.2. The highest BCUT2D eigenvalue weighted by Gasteiger charge is 2.46. The van der Waals surface area contributed by atoms with E-state index in [0.717, 1.165) is 135 Å². The molecule has 3 unspecified atom stereocenters. The molecule has 0 radical (unpaired) electrons. The molecule has 4 aromatic carbocycles. The van der Waals surface area contributed by atoms with Crippen molar-refractivity contribution in [1.29, 1.82) is 0 Å². The van der Waals surface area contributed by atoms with Crippen LogP contribution in [0.15, 0.2) is 117 Å². The molecule has 664 valence electrons. The molecule has 6 aromatic rings. The number of carbonyl (C=O) groups is 7. The molecule has 3 atom stereocenters. The average Bonchev–Trinajstić information content (AvgIpc) is 1.70. The number of amides is 2. The van der Waals surface area contributed by atoms with Gasteiger partial charge in [-0.15, -0.1) is 0 Å². The first-order valence-corrected chi connectivity index (χ1v) is 46.5. The Morgan fingerprint density at radius 1 is 0.421 bits per heavy atom. The highest BCUT2D eigenvalue weighted by Crippen LogP contribution is 2.40. The number of nitrogens with zero attached hydrogens (tertiary/aromatic N) is 8. The van der Waals surface area contributed by atoms with Crippen LogP contribution in [0.3, 0.4) is 0 Å². The van der Waals surface area contributed by atoms with Crippen LogP contribution in [0.2, 0.25) is 0 Å². The van der Waals surface area contributed by atoms with Gasteiger partial charge in [-0.3, -0.25) is 18.2 Å². The van der Waals surface area contributed by atoms with Crippen LogP contribution in [0.25, 0.3) is 0 Å². The number of aryl methyl sites for hydroxylation is 1. The summed E-state index contributed by atoms with van der Waals surface area (Å²) in [6.45, 7) is 12.8. The number of para-hydroxylation sites is 2. The first-order chi connectivity index (χ1) is 58.5. The lowest BCUT2D eigenvalue weighted by Gasteiger charge is -2.34. The molecule has 0 fully saturated rings. The number of rotatable bonds is 54. The summed E-state index contributed by atoms with van der Waals surface area (Å²) in [4.78, 5) is 113. The van der Waals surface area contributed by atoms with E-state index in [1.54, 1.807) is 42.5 Å². The smallest absolute Gasteiger partial charge is 0.359 e. The summed E-state index contributed by atoms with van der Waals surface area (Å²) in [7, 11) is -2.71. The van der Waals surface area contributed by atoms with Gasteiger partial charge in [-0.2, -0.15) is 0 Å². The molecule has 2 aromatic heterocycles. The second-order valence-electron chi connectivity index (χ2n) is 31.0. The van der Waals surface area contributed by atoms with Gasteiger partial charge in [0.2, 0.25) is 0 Å². The van der Waals surface area contributed by atoms with E-state index in [-0.39, 0.29) is 75.5 Å². The summed E-state index contributed by atoms with van der Waals surface area (Å²) in [6, 6.07) is 18.8. The molecular formula is C91H130N10O18S2. The third kappa shape index (κ3) is 28.3. The summed E-state index contributed by atoms with van der Waals surface area (Å²) in [5.41, 5.74) is -0.204. The highest BCUT2D eigenvalue weighted by molar-refractivity contribution is 7.90. The molecule has 4 heterocycles. The molecule has 0 saturated carbocycles. The second kappa shape index (κ2) is 51.7. The first kappa shape index (κ1) is 98.1. The Labute approximate surface area is 716 Å². The van der Waals surface area contributed by atoms with Crippen LogP contribution in [0.1, 0.15) is 323 Å². The number of aromatic nitrogens is 4. The van der Waals surface area contributed by atoms with Crippen molar-refractivity contribution in [3.05, 3.63) is 131 Å². The lowest BCUT2D eigenvalue weighted by atomic mass is 10.0. The van der Waals surface area contributed by atoms with Gasteiger partial charge in [0.25, 0.3) is 31.9 Å². The number of benzene rings is 4. The monoisotopic (exact) mass is 1710 g/mol. The number of carbonyl (C=O) groups excluding carboxylic acids is 7. The minimum absolute atomic E-state index is 0.00240. The molecule has 2 N–H and O–H groups in total. The summed E-state index contributed by atoms with van der Waals surface area (Å²) in [5.74, 6) is -5.97. The Kier molecular flexibility index (Phi) is 41.9. The predicted molar refractivity (Wildman–Crippen MR) is 469 cm³/mol. The van der Waals surface area contributed by atoms with Crippen molar-refractivity contribution >= 4 is 96.1 Å². The standard InChI is InChI=1S/C47H67N5O10S.C44H63N5O8S/c1-7-9-10-11-12-13-14-15-16-17-18-19-20-21-22-25-30-52-43(49-36-26-23-24-27-39(36)63(52,57)58)42(51-33-48-40(46(55)60-5)41(51)47(56)61-6)44(53)50-37-31-35(28-29-38(37)59-4)45(54)62-32-34(3)8-2;1-6-8-9-10-11-12-13-14-15-16-17-18-19-20-21-24-29-49-41(46-34-25-22-23-26-37(34)58(49,53)54)40(48-32-45-38(43(51)55-4)39(48)44(52)56-5)42(50)47-35-31-33(3)27-28-36(35)57-30-7-2/h23-24,26-29,31,33-34,42H,7-22,25,30,32H2,1-6H3,(H,50,53);22-23,25-28,31-32,40H,6-21,24,29-30H2,1-5H3,(H,47,50). The molecule has 0 aliphatic carbocycles. The number of unbranched alkanes of at least 4 members (excludes halogenated alkanes) is 30. The van der Waals surface area contributed by atoms with E-state index in [1.807, 2.05) is 33.8 Å². The molecule has 0 saturated heterocycles. The zero-order chi connectivity index (χ0) is 87.7. The molecule has 2 amide bonds. The van der Waals surface area contributed by atoms with Gasteiger partial charge in [0.15, 0.2) is 46.5 Å². The number of nitrogens with one attached hydrogen (secondary N) is 2. The van der Waals surface area contributed by atoms with Crippen molar-refractivity contribution < 1.29 is 83.6 Å². The Balaban J connectivity index is 0.000000334. The maximum Gasteiger partial charge on any atom is 0.359 e. The van der Waals surface area contributed by atoms with Gasteiger partial charge in [-0.05, 0) is 92.3 Å². The maximum absolute atomic E-state index is 14.9. The number of hydrogen-bond acceptors (Lipinski definition) is 22. The number of sulfonamides is 2. The SMILES string of the molecule is CCCCCCCCCCCCCCCCCCN1C(C(C(=O)Nc2cc(C(=O)OCC(C)CC)ccc2OC)n2cnc(C(=O)OC)c2C(=O)OC)=Nc2ccccc2S1(=O)=O.CCCCCCCCCCCCCCCCCCN1C(C(C(=O)Nc2cc(C)ccc2OCCC)n2cnc(C(=O)OC)c2C(=O)OC)=Nc2ccccc2S1(=O)=O. The van der Waals surface area contributed by atoms with Gasteiger partial charge in [0.05, 0.1) is 89.7 Å². The minimum Gasteiger partial charge on any atom is -0.495 e.